The first kappa shape index (κ1) is 15.1. The molecule has 3 aromatic rings. The summed E-state index contributed by atoms with van der Waals surface area (Å²) in [6.45, 7) is 2.09. The van der Waals surface area contributed by atoms with Crippen molar-refractivity contribution in [2.24, 2.45) is 0 Å². The number of nitrogens with zero attached hydrogens (tertiary/aromatic N) is 1. The maximum absolute atomic E-state index is 5.79. The zero-order valence-electron chi connectivity index (χ0n) is 13.5. The molecule has 0 radical (unpaired) electrons. The number of oxazole rings is 1. The van der Waals surface area contributed by atoms with Gasteiger partial charge in [-0.05, 0) is 55.7 Å². The van der Waals surface area contributed by atoms with Gasteiger partial charge in [-0.25, -0.2) is 4.98 Å². The fourth-order valence-corrected chi connectivity index (χ4v) is 3.01. The van der Waals surface area contributed by atoms with Crippen molar-refractivity contribution in [3.8, 4) is 0 Å². The molecule has 0 bridgehead atoms. The van der Waals surface area contributed by atoms with Crippen molar-refractivity contribution in [1.29, 1.82) is 0 Å². The molecule has 1 heterocycles. The number of rotatable bonds is 4. The first-order valence-electron chi connectivity index (χ1n) is 8.22. The largest absolute Gasteiger partial charge is 0.440 e. The van der Waals surface area contributed by atoms with E-state index in [0.717, 1.165) is 22.7 Å². The van der Waals surface area contributed by atoms with Crippen LogP contribution in [0.15, 0.2) is 52.9 Å². The highest BCUT2D eigenvalue weighted by Gasteiger charge is 2.28. The van der Waals surface area contributed by atoms with E-state index in [1.54, 1.807) is 0 Å². The van der Waals surface area contributed by atoms with Crippen molar-refractivity contribution in [1.82, 2.24) is 10.3 Å². The second-order valence-electron chi connectivity index (χ2n) is 6.24. The van der Waals surface area contributed by atoms with Gasteiger partial charge in [0.2, 0.25) is 0 Å². The Morgan fingerprint density at radius 2 is 2.00 bits per heavy atom. The summed E-state index contributed by atoms with van der Waals surface area (Å²) in [7, 11) is 0. The summed E-state index contributed by atoms with van der Waals surface area (Å²) in [6.07, 6.45) is 2.37. The lowest BCUT2D eigenvalue weighted by atomic mass is 10.1. The van der Waals surface area contributed by atoms with Crippen LogP contribution in [0, 0.1) is 0 Å². The Kier molecular flexibility index (Phi) is 3.94. The standard InChI is InChI=1S/C19H19N3OS/c1-12(13-5-3-2-4-6-13)20-19(24)21-15-9-10-17-16(11-15)22-18(23-17)14-7-8-14/h2-6,9-12,14H,7-8H2,1H3,(H2,20,21,24). The Hall–Kier alpha value is -2.40. The third-order valence-corrected chi connectivity index (χ3v) is 4.46. The molecule has 122 valence electrons. The number of fused-ring (bicyclic) bond motifs is 1. The average molecular weight is 337 g/mol. The van der Waals surface area contributed by atoms with Gasteiger partial charge in [-0.2, -0.15) is 0 Å². The second kappa shape index (κ2) is 6.24. The van der Waals surface area contributed by atoms with Crippen LogP contribution in [0.1, 0.15) is 43.2 Å². The Morgan fingerprint density at radius 3 is 2.75 bits per heavy atom. The fourth-order valence-electron chi connectivity index (χ4n) is 2.72. The average Bonchev–Trinajstić information content (AvgIpc) is 3.35. The summed E-state index contributed by atoms with van der Waals surface area (Å²) < 4.78 is 5.79. The maximum atomic E-state index is 5.79. The van der Waals surface area contributed by atoms with Gasteiger partial charge >= 0.3 is 0 Å². The highest BCUT2D eigenvalue weighted by molar-refractivity contribution is 7.80. The van der Waals surface area contributed by atoms with E-state index in [-0.39, 0.29) is 6.04 Å². The molecule has 0 saturated heterocycles. The molecule has 0 aliphatic heterocycles. The van der Waals surface area contributed by atoms with Crippen molar-refractivity contribution in [3.63, 3.8) is 0 Å². The third kappa shape index (κ3) is 3.26. The van der Waals surface area contributed by atoms with E-state index in [1.165, 1.54) is 18.4 Å². The van der Waals surface area contributed by atoms with E-state index in [2.05, 4.69) is 34.7 Å². The Morgan fingerprint density at radius 1 is 1.21 bits per heavy atom. The molecular formula is C19H19N3OS. The van der Waals surface area contributed by atoms with Crippen molar-refractivity contribution < 1.29 is 4.42 Å². The molecule has 2 aromatic carbocycles. The summed E-state index contributed by atoms with van der Waals surface area (Å²) in [5.74, 6) is 1.38. The van der Waals surface area contributed by atoms with Gasteiger partial charge in [-0.15, -0.1) is 0 Å². The lowest BCUT2D eigenvalue weighted by Gasteiger charge is -2.17. The molecular weight excluding hydrogens is 318 g/mol. The Bertz CT molecular complexity index is 871. The SMILES string of the molecule is CC(NC(=S)Nc1ccc2oc(C3CC3)nc2c1)c1ccccc1. The van der Waals surface area contributed by atoms with Gasteiger partial charge in [0.1, 0.15) is 5.52 Å². The van der Waals surface area contributed by atoms with Crippen LogP contribution in [0.25, 0.3) is 11.1 Å². The quantitative estimate of drug-likeness (QED) is 0.673. The van der Waals surface area contributed by atoms with Gasteiger partial charge in [0, 0.05) is 11.6 Å². The van der Waals surface area contributed by atoms with Crippen LogP contribution in [-0.4, -0.2) is 10.1 Å². The van der Waals surface area contributed by atoms with Crippen molar-refractivity contribution in [2.45, 2.75) is 31.7 Å². The van der Waals surface area contributed by atoms with Gasteiger partial charge in [-0.3, -0.25) is 0 Å². The van der Waals surface area contributed by atoms with Crippen LogP contribution in [-0.2, 0) is 0 Å². The summed E-state index contributed by atoms with van der Waals surface area (Å²) in [5, 5.41) is 7.12. The monoisotopic (exact) mass is 337 g/mol. The molecule has 4 rings (SSSR count). The van der Waals surface area contributed by atoms with Gasteiger partial charge in [0.25, 0.3) is 0 Å². The minimum atomic E-state index is 0.142. The molecule has 1 aliphatic carbocycles. The van der Waals surface area contributed by atoms with Crippen LogP contribution >= 0.6 is 12.2 Å². The summed E-state index contributed by atoms with van der Waals surface area (Å²) in [6, 6.07) is 16.3. The number of benzene rings is 2. The normalized spacial score (nSPS) is 15.2. The zero-order valence-corrected chi connectivity index (χ0v) is 14.3. The number of hydrogen-bond donors (Lipinski definition) is 2. The van der Waals surface area contributed by atoms with Crippen molar-refractivity contribution >= 4 is 34.1 Å². The summed E-state index contributed by atoms with van der Waals surface area (Å²) in [4.78, 5) is 4.58. The number of nitrogens with one attached hydrogen (secondary N) is 2. The predicted octanol–water partition coefficient (Wildman–Crippen LogP) is 4.75. The molecule has 1 aromatic heterocycles. The van der Waals surface area contributed by atoms with Crippen LogP contribution in [0.2, 0.25) is 0 Å². The Labute approximate surface area is 146 Å². The smallest absolute Gasteiger partial charge is 0.198 e. The van der Waals surface area contributed by atoms with E-state index in [0.29, 0.717) is 11.0 Å². The topological polar surface area (TPSA) is 50.1 Å². The van der Waals surface area contributed by atoms with Gasteiger partial charge in [0.15, 0.2) is 16.6 Å². The Balaban J connectivity index is 1.44. The van der Waals surface area contributed by atoms with Crippen LogP contribution in [0.4, 0.5) is 5.69 Å². The van der Waals surface area contributed by atoms with Crippen molar-refractivity contribution in [3.05, 3.63) is 60.0 Å². The molecule has 1 fully saturated rings. The summed E-state index contributed by atoms with van der Waals surface area (Å²) >= 11 is 5.43. The molecule has 1 saturated carbocycles. The first-order chi connectivity index (χ1) is 11.7. The van der Waals surface area contributed by atoms with Gasteiger partial charge in [0.05, 0.1) is 6.04 Å². The number of anilines is 1. The molecule has 0 spiro atoms. The number of aromatic nitrogens is 1. The first-order valence-corrected chi connectivity index (χ1v) is 8.63. The van der Waals surface area contributed by atoms with Crippen LogP contribution < -0.4 is 10.6 Å². The number of hydrogen-bond acceptors (Lipinski definition) is 3. The third-order valence-electron chi connectivity index (χ3n) is 4.24. The molecule has 1 aliphatic rings. The molecule has 1 atom stereocenters. The van der Waals surface area contributed by atoms with Crippen LogP contribution in [0.3, 0.4) is 0 Å². The van der Waals surface area contributed by atoms with Gasteiger partial charge in [-0.1, -0.05) is 30.3 Å². The molecule has 4 nitrogen and oxygen atoms in total. The van der Waals surface area contributed by atoms with Gasteiger partial charge < -0.3 is 15.1 Å². The predicted molar refractivity (Wildman–Crippen MR) is 100 cm³/mol. The van der Waals surface area contributed by atoms with Crippen molar-refractivity contribution in [2.75, 3.05) is 5.32 Å². The molecule has 5 heteroatoms. The van der Waals surface area contributed by atoms with E-state index >= 15 is 0 Å². The minimum absolute atomic E-state index is 0.142. The van der Waals surface area contributed by atoms with Crippen LogP contribution in [0.5, 0.6) is 0 Å². The second-order valence-corrected chi connectivity index (χ2v) is 6.65. The molecule has 24 heavy (non-hydrogen) atoms. The van der Waals surface area contributed by atoms with E-state index < -0.39 is 0 Å². The zero-order chi connectivity index (χ0) is 16.5. The fraction of sp³-hybridized carbons (Fsp3) is 0.263. The molecule has 1 unspecified atom stereocenters. The molecule has 0 amide bonds. The minimum Gasteiger partial charge on any atom is -0.440 e. The maximum Gasteiger partial charge on any atom is 0.198 e. The number of thiocarbonyl (C=S) groups is 1. The lowest BCUT2D eigenvalue weighted by molar-refractivity contribution is 0.533. The lowest BCUT2D eigenvalue weighted by Crippen LogP contribution is -2.30. The van der Waals surface area contributed by atoms with E-state index in [1.807, 2.05) is 36.4 Å². The molecule has 2 N–H and O–H groups in total. The highest BCUT2D eigenvalue weighted by Crippen LogP contribution is 2.40. The summed E-state index contributed by atoms with van der Waals surface area (Å²) in [5.41, 5.74) is 3.82. The highest BCUT2D eigenvalue weighted by atomic mass is 32.1. The van der Waals surface area contributed by atoms with E-state index in [4.69, 9.17) is 16.6 Å². The van der Waals surface area contributed by atoms with E-state index in [9.17, 15) is 0 Å².